The van der Waals surface area contributed by atoms with Crippen LogP contribution in [-0.4, -0.2) is 76.4 Å². The number of carbonyl (C=O) groups excluding carboxylic acids is 1. The van der Waals surface area contributed by atoms with Crippen molar-refractivity contribution in [1.82, 2.24) is 15.1 Å². The van der Waals surface area contributed by atoms with Gasteiger partial charge in [-0.2, -0.15) is 13.2 Å². The van der Waals surface area contributed by atoms with Crippen molar-refractivity contribution in [1.29, 1.82) is 0 Å². The van der Waals surface area contributed by atoms with Crippen LogP contribution in [0.2, 0.25) is 0 Å². The summed E-state index contributed by atoms with van der Waals surface area (Å²) >= 11 is 0. The molecule has 0 radical (unpaired) electrons. The minimum atomic E-state index is -5.08. The second-order valence-corrected chi connectivity index (χ2v) is 8.48. The van der Waals surface area contributed by atoms with Gasteiger partial charge in [-0.1, -0.05) is 0 Å². The Bertz CT molecular complexity index is 827. The fourth-order valence-electron chi connectivity index (χ4n) is 4.31. The first-order chi connectivity index (χ1) is 15.0. The third-order valence-electron chi connectivity index (χ3n) is 6.08. The summed E-state index contributed by atoms with van der Waals surface area (Å²) in [5, 5.41) is 20.1. The van der Waals surface area contributed by atoms with Gasteiger partial charge in [-0.3, -0.25) is 9.69 Å². The van der Waals surface area contributed by atoms with Crippen LogP contribution in [0.25, 0.3) is 0 Å². The molecule has 9 nitrogen and oxygen atoms in total. The van der Waals surface area contributed by atoms with Gasteiger partial charge in [-0.25, -0.2) is 9.59 Å². The molecule has 2 atom stereocenters. The van der Waals surface area contributed by atoms with Crippen LogP contribution in [0.1, 0.15) is 31.4 Å². The molecule has 3 N–H and O–H groups in total. The van der Waals surface area contributed by atoms with E-state index in [0.717, 1.165) is 25.0 Å². The Morgan fingerprint density at radius 2 is 1.91 bits per heavy atom. The highest BCUT2D eigenvalue weighted by atomic mass is 19.4. The van der Waals surface area contributed by atoms with Crippen LogP contribution in [0.3, 0.4) is 0 Å². The molecule has 4 rings (SSSR count). The van der Waals surface area contributed by atoms with Crippen LogP contribution in [0, 0.1) is 11.3 Å². The number of carboxylic acid groups (broad SMARTS) is 2. The molecule has 1 aliphatic carbocycles. The molecule has 0 aromatic carbocycles. The number of likely N-dealkylation sites (tertiary alicyclic amines) is 2. The lowest BCUT2D eigenvalue weighted by atomic mass is 9.75. The van der Waals surface area contributed by atoms with Crippen LogP contribution in [-0.2, 0) is 16.1 Å². The number of furan rings is 1. The summed E-state index contributed by atoms with van der Waals surface area (Å²) in [5.74, 6) is -2.69. The van der Waals surface area contributed by atoms with Crippen molar-refractivity contribution in [2.24, 2.45) is 11.3 Å². The SMILES string of the molecule is O=C(NC1CC1)N1CCC[C@]2(C(=O)O)CN(Cc3ccco3)C[C@@H]2C1.O=C(O)C(F)(F)F. The van der Waals surface area contributed by atoms with E-state index in [2.05, 4.69) is 10.2 Å². The number of nitrogens with zero attached hydrogens (tertiary/aromatic N) is 2. The topological polar surface area (TPSA) is 123 Å². The summed E-state index contributed by atoms with van der Waals surface area (Å²) in [6.07, 6.45) is 0.0166. The number of halogens is 3. The minimum Gasteiger partial charge on any atom is -0.481 e. The van der Waals surface area contributed by atoms with E-state index in [-0.39, 0.29) is 11.9 Å². The Hall–Kier alpha value is -2.76. The summed E-state index contributed by atoms with van der Waals surface area (Å²) in [6, 6.07) is 4.05. The second kappa shape index (κ2) is 9.39. The quantitative estimate of drug-likeness (QED) is 0.629. The van der Waals surface area contributed by atoms with Crippen molar-refractivity contribution in [3.63, 3.8) is 0 Å². The first-order valence-electron chi connectivity index (χ1n) is 10.3. The largest absolute Gasteiger partial charge is 0.490 e. The fraction of sp³-hybridized carbons (Fsp3) is 0.650. The molecule has 2 saturated heterocycles. The Balaban J connectivity index is 0.000000360. The molecule has 0 unspecified atom stereocenters. The number of carbonyl (C=O) groups is 3. The number of amides is 2. The lowest BCUT2D eigenvalue weighted by Gasteiger charge is -2.29. The zero-order chi connectivity index (χ0) is 23.5. The zero-order valence-electron chi connectivity index (χ0n) is 17.3. The van der Waals surface area contributed by atoms with E-state index in [9.17, 15) is 27.9 Å². The smallest absolute Gasteiger partial charge is 0.481 e. The van der Waals surface area contributed by atoms with Crippen LogP contribution in [0.15, 0.2) is 22.8 Å². The predicted molar refractivity (Wildman–Crippen MR) is 104 cm³/mol. The lowest BCUT2D eigenvalue weighted by Crippen LogP contribution is -2.46. The number of aliphatic carboxylic acids is 2. The summed E-state index contributed by atoms with van der Waals surface area (Å²) in [6.45, 7) is 2.97. The molecule has 1 saturated carbocycles. The molecule has 3 aliphatic rings. The first-order valence-corrected chi connectivity index (χ1v) is 10.3. The molecule has 178 valence electrons. The number of carboxylic acids is 2. The zero-order valence-corrected chi connectivity index (χ0v) is 17.3. The monoisotopic (exact) mass is 461 g/mol. The number of rotatable bonds is 4. The molecule has 3 fully saturated rings. The molecule has 0 bridgehead atoms. The maximum atomic E-state index is 12.4. The number of hydrogen-bond donors (Lipinski definition) is 3. The van der Waals surface area contributed by atoms with E-state index in [1.807, 2.05) is 17.0 Å². The Morgan fingerprint density at radius 1 is 1.22 bits per heavy atom. The van der Waals surface area contributed by atoms with E-state index in [4.69, 9.17) is 14.3 Å². The van der Waals surface area contributed by atoms with E-state index in [0.29, 0.717) is 45.2 Å². The third kappa shape index (κ3) is 5.72. The van der Waals surface area contributed by atoms with Crippen molar-refractivity contribution < 1.29 is 42.2 Å². The normalized spacial score (nSPS) is 25.8. The van der Waals surface area contributed by atoms with Gasteiger partial charge in [0.2, 0.25) is 0 Å². The van der Waals surface area contributed by atoms with Gasteiger partial charge < -0.3 is 24.8 Å². The molecule has 1 aromatic rings. The van der Waals surface area contributed by atoms with Gasteiger partial charge in [0.25, 0.3) is 0 Å². The van der Waals surface area contributed by atoms with Gasteiger partial charge >= 0.3 is 24.1 Å². The molecule has 2 amide bonds. The maximum absolute atomic E-state index is 12.4. The molecule has 1 aromatic heterocycles. The Labute approximate surface area is 182 Å². The van der Waals surface area contributed by atoms with Crippen LogP contribution >= 0.6 is 0 Å². The summed E-state index contributed by atoms with van der Waals surface area (Å²) in [5.41, 5.74) is -0.763. The molecule has 12 heteroatoms. The van der Waals surface area contributed by atoms with Crippen molar-refractivity contribution in [2.45, 2.75) is 44.4 Å². The van der Waals surface area contributed by atoms with Gasteiger partial charge in [0.15, 0.2) is 0 Å². The number of hydrogen-bond acceptors (Lipinski definition) is 5. The standard InChI is InChI=1S/C18H25N3O4.C2HF3O2/c22-16(23)18-6-2-7-21(17(24)19-14-4-5-14)10-13(18)9-20(12-18)11-15-3-1-8-25-15;3-2(4,5)1(6)7/h1,3,8,13-14H,2,4-7,9-12H2,(H,19,24)(H,22,23);(H,6,7)/t13-,18+;/m1./s1. The van der Waals surface area contributed by atoms with Crippen LogP contribution < -0.4 is 5.32 Å². The van der Waals surface area contributed by atoms with E-state index in [1.54, 1.807) is 6.26 Å². The Morgan fingerprint density at radius 3 is 2.44 bits per heavy atom. The molecule has 32 heavy (non-hydrogen) atoms. The number of alkyl halides is 3. The molecular weight excluding hydrogens is 435 g/mol. The average molecular weight is 461 g/mol. The molecule has 3 heterocycles. The van der Waals surface area contributed by atoms with Crippen LogP contribution in [0.4, 0.5) is 18.0 Å². The maximum Gasteiger partial charge on any atom is 0.490 e. The minimum absolute atomic E-state index is 0.0341. The number of fused-ring (bicyclic) bond motifs is 1. The van der Waals surface area contributed by atoms with E-state index >= 15 is 0 Å². The van der Waals surface area contributed by atoms with Crippen molar-refractivity contribution in [3.05, 3.63) is 24.2 Å². The van der Waals surface area contributed by atoms with E-state index < -0.39 is 23.5 Å². The van der Waals surface area contributed by atoms with Crippen molar-refractivity contribution in [2.75, 3.05) is 26.2 Å². The third-order valence-corrected chi connectivity index (χ3v) is 6.08. The summed E-state index contributed by atoms with van der Waals surface area (Å²) in [7, 11) is 0. The van der Waals surface area contributed by atoms with Gasteiger partial charge in [-0.05, 0) is 37.8 Å². The number of urea groups is 1. The van der Waals surface area contributed by atoms with Gasteiger partial charge in [-0.15, -0.1) is 0 Å². The predicted octanol–water partition coefficient (Wildman–Crippen LogP) is 2.38. The fourth-order valence-corrected chi connectivity index (χ4v) is 4.31. The van der Waals surface area contributed by atoms with Gasteiger partial charge in [0.1, 0.15) is 5.76 Å². The van der Waals surface area contributed by atoms with Gasteiger partial charge in [0.05, 0.1) is 18.2 Å². The summed E-state index contributed by atoms with van der Waals surface area (Å²) < 4.78 is 37.1. The second-order valence-electron chi connectivity index (χ2n) is 8.48. The van der Waals surface area contributed by atoms with Crippen molar-refractivity contribution >= 4 is 18.0 Å². The molecule has 0 spiro atoms. The first kappa shape index (κ1) is 23.9. The Kier molecular flexibility index (Phi) is 7.01. The van der Waals surface area contributed by atoms with Gasteiger partial charge in [0, 0.05) is 38.1 Å². The van der Waals surface area contributed by atoms with Crippen LogP contribution in [0.5, 0.6) is 0 Å². The summed E-state index contributed by atoms with van der Waals surface area (Å²) in [4.78, 5) is 37.5. The highest BCUT2D eigenvalue weighted by molar-refractivity contribution is 5.78. The molecular formula is C20H26F3N3O6. The average Bonchev–Trinajstić information content (AvgIpc) is 3.29. The van der Waals surface area contributed by atoms with Crippen molar-refractivity contribution in [3.8, 4) is 0 Å². The molecule has 2 aliphatic heterocycles. The number of nitrogens with one attached hydrogen (secondary N) is 1. The van der Waals surface area contributed by atoms with E-state index in [1.165, 1.54) is 0 Å². The lowest BCUT2D eigenvalue weighted by molar-refractivity contribution is -0.192. The highest BCUT2D eigenvalue weighted by Gasteiger charge is 2.53. The highest BCUT2D eigenvalue weighted by Crippen LogP contribution is 2.43.